The zero-order valence-corrected chi connectivity index (χ0v) is 11.7. The lowest BCUT2D eigenvalue weighted by Crippen LogP contribution is -2.19. The minimum absolute atomic E-state index is 0.273. The first-order chi connectivity index (χ1) is 9.11. The summed E-state index contributed by atoms with van der Waals surface area (Å²) in [7, 11) is 4.10. The molecule has 0 saturated carbocycles. The van der Waals surface area contributed by atoms with E-state index in [1.54, 1.807) is 0 Å². The average Bonchev–Trinajstić information content (AvgIpc) is 2.46. The first-order valence-electron chi connectivity index (χ1n) is 6.59. The largest absolute Gasteiger partial charge is 0.384 e. The van der Waals surface area contributed by atoms with Crippen molar-refractivity contribution in [3.8, 4) is 0 Å². The van der Waals surface area contributed by atoms with Crippen molar-refractivity contribution in [2.75, 3.05) is 14.1 Å². The van der Waals surface area contributed by atoms with E-state index in [2.05, 4.69) is 32.0 Å². The Balaban J connectivity index is 2.40. The maximum Gasteiger partial charge on any atom is 0.104 e. The lowest BCUT2D eigenvalue weighted by Gasteiger charge is -2.25. The molecule has 0 bridgehead atoms. The maximum absolute atomic E-state index is 10.6. The van der Waals surface area contributed by atoms with E-state index in [1.165, 1.54) is 5.56 Å². The summed E-state index contributed by atoms with van der Waals surface area (Å²) in [5.74, 6) is 0. The second kappa shape index (κ2) is 6.00. The smallest absolute Gasteiger partial charge is 0.104 e. The highest BCUT2D eigenvalue weighted by Gasteiger charge is 2.18. The zero-order chi connectivity index (χ0) is 13.8. The quantitative estimate of drug-likeness (QED) is 0.905. The summed E-state index contributed by atoms with van der Waals surface area (Å²) in [5, 5.41) is 10.6. The molecule has 19 heavy (non-hydrogen) atoms. The fraction of sp³-hybridized carbons (Fsp3) is 0.294. The van der Waals surface area contributed by atoms with Gasteiger partial charge < -0.3 is 10.0 Å². The number of aliphatic hydroxyl groups excluding tert-OH is 1. The Labute approximate surface area is 115 Å². The zero-order valence-electron chi connectivity index (χ0n) is 11.7. The number of hydrogen-bond acceptors (Lipinski definition) is 2. The molecule has 0 unspecified atom stereocenters. The van der Waals surface area contributed by atoms with Crippen LogP contribution >= 0.6 is 0 Å². The van der Waals surface area contributed by atoms with Crippen LogP contribution in [-0.2, 0) is 0 Å². The fourth-order valence-corrected chi connectivity index (χ4v) is 2.23. The second-order valence-corrected chi connectivity index (χ2v) is 5.08. The first-order valence-corrected chi connectivity index (χ1v) is 6.59. The minimum atomic E-state index is -0.570. The van der Waals surface area contributed by atoms with Gasteiger partial charge in [0.2, 0.25) is 0 Å². The molecule has 0 aliphatic rings. The van der Waals surface area contributed by atoms with Gasteiger partial charge in [-0.1, -0.05) is 54.6 Å². The molecule has 2 nitrogen and oxygen atoms in total. The van der Waals surface area contributed by atoms with E-state index in [0.717, 1.165) is 11.1 Å². The van der Waals surface area contributed by atoms with Gasteiger partial charge in [0.1, 0.15) is 6.10 Å². The molecule has 0 saturated heterocycles. The molecule has 0 spiro atoms. The topological polar surface area (TPSA) is 23.5 Å². The Morgan fingerprint density at radius 3 is 1.95 bits per heavy atom. The molecule has 0 aromatic heterocycles. The van der Waals surface area contributed by atoms with E-state index in [1.807, 2.05) is 48.5 Å². The van der Waals surface area contributed by atoms with Gasteiger partial charge in [-0.15, -0.1) is 0 Å². The third-order valence-corrected chi connectivity index (χ3v) is 3.63. The van der Waals surface area contributed by atoms with E-state index in [9.17, 15) is 5.11 Å². The predicted octanol–water partition coefficient (Wildman–Crippen LogP) is 3.39. The Kier molecular flexibility index (Phi) is 4.35. The van der Waals surface area contributed by atoms with Gasteiger partial charge in [-0.05, 0) is 37.7 Å². The van der Waals surface area contributed by atoms with Crippen LogP contribution in [0.25, 0.3) is 0 Å². The fourth-order valence-electron chi connectivity index (χ4n) is 2.23. The summed E-state index contributed by atoms with van der Waals surface area (Å²) in [4.78, 5) is 2.15. The number of hydrogen-bond donors (Lipinski definition) is 1. The monoisotopic (exact) mass is 255 g/mol. The highest BCUT2D eigenvalue weighted by atomic mass is 16.3. The van der Waals surface area contributed by atoms with Crippen LogP contribution in [0.3, 0.4) is 0 Å². The van der Waals surface area contributed by atoms with Crippen LogP contribution in [0.1, 0.15) is 35.8 Å². The van der Waals surface area contributed by atoms with Crippen molar-refractivity contribution in [2.45, 2.75) is 19.1 Å². The molecular formula is C17H21NO. The molecule has 100 valence electrons. The van der Waals surface area contributed by atoms with E-state index in [-0.39, 0.29) is 6.04 Å². The number of nitrogens with zero attached hydrogens (tertiary/aromatic N) is 1. The Bertz CT molecular complexity index is 522. The molecule has 0 radical (unpaired) electrons. The average molecular weight is 255 g/mol. The Morgan fingerprint density at radius 1 is 0.842 bits per heavy atom. The third kappa shape index (κ3) is 3.03. The molecule has 2 heteroatoms. The standard InChI is InChI=1S/C17H21NO/c1-13(18(2)3)15-11-7-8-12-16(15)17(19)14-9-5-4-6-10-14/h4-13,17,19H,1-3H3/t13-,17-/m0/s1. The molecule has 2 aromatic rings. The predicted molar refractivity (Wildman–Crippen MR) is 79.0 cm³/mol. The summed E-state index contributed by atoms with van der Waals surface area (Å²) >= 11 is 0. The van der Waals surface area contributed by atoms with Gasteiger partial charge in [0.05, 0.1) is 0 Å². The van der Waals surface area contributed by atoms with Crippen molar-refractivity contribution in [3.05, 3.63) is 71.3 Å². The SMILES string of the molecule is C[C@@H](c1ccccc1[C@@H](O)c1ccccc1)N(C)C. The summed E-state index contributed by atoms with van der Waals surface area (Å²) in [6.07, 6.45) is -0.570. The minimum Gasteiger partial charge on any atom is -0.384 e. The van der Waals surface area contributed by atoms with Crippen LogP contribution in [0.15, 0.2) is 54.6 Å². The Morgan fingerprint density at radius 2 is 1.37 bits per heavy atom. The van der Waals surface area contributed by atoms with Gasteiger partial charge >= 0.3 is 0 Å². The van der Waals surface area contributed by atoms with E-state index in [0.29, 0.717) is 0 Å². The van der Waals surface area contributed by atoms with Crippen LogP contribution in [0.5, 0.6) is 0 Å². The van der Waals surface area contributed by atoms with Gasteiger partial charge in [-0.2, -0.15) is 0 Å². The first kappa shape index (κ1) is 13.8. The van der Waals surface area contributed by atoms with E-state index in [4.69, 9.17) is 0 Å². The summed E-state index contributed by atoms with van der Waals surface area (Å²) in [6.45, 7) is 2.15. The molecule has 0 heterocycles. The number of aliphatic hydroxyl groups is 1. The lowest BCUT2D eigenvalue weighted by molar-refractivity contribution is 0.215. The molecule has 0 amide bonds. The lowest BCUT2D eigenvalue weighted by atomic mass is 9.93. The van der Waals surface area contributed by atoms with Crippen LogP contribution in [0, 0.1) is 0 Å². The molecule has 1 N–H and O–H groups in total. The van der Waals surface area contributed by atoms with Crippen molar-refractivity contribution in [1.82, 2.24) is 4.90 Å². The summed E-state index contributed by atoms with van der Waals surface area (Å²) in [6, 6.07) is 18.2. The highest BCUT2D eigenvalue weighted by molar-refractivity contribution is 5.37. The van der Waals surface area contributed by atoms with Crippen molar-refractivity contribution in [3.63, 3.8) is 0 Å². The molecule has 0 aliphatic heterocycles. The van der Waals surface area contributed by atoms with Crippen LogP contribution < -0.4 is 0 Å². The van der Waals surface area contributed by atoms with Gasteiger partial charge in [0.15, 0.2) is 0 Å². The Hall–Kier alpha value is -1.64. The van der Waals surface area contributed by atoms with Crippen LogP contribution in [0.2, 0.25) is 0 Å². The normalized spacial score (nSPS) is 14.4. The molecular weight excluding hydrogens is 234 g/mol. The van der Waals surface area contributed by atoms with Crippen molar-refractivity contribution < 1.29 is 5.11 Å². The second-order valence-electron chi connectivity index (χ2n) is 5.08. The highest BCUT2D eigenvalue weighted by Crippen LogP contribution is 2.30. The molecule has 2 rings (SSSR count). The maximum atomic E-state index is 10.6. The summed E-state index contributed by atoms with van der Waals surface area (Å²) in [5.41, 5.74) is 3.08. The van der Waals surface area contributed by atoms with Crippen LogP contribution in [0.4, 0.5) is 0 Å². The number of rotatable bonds is 4. The van der Waals surface area contributed by atoms with Crippen LogP contribution in [-0.4, -0.2) is 24.1 Å². The van der Waals surface area contributed by atoms with Gasteiger partial charge in [0.25, 0.3) is 0 Å². The molecule has 2 aromatic carbocycles. The molecule has 0 aliphatic carbocycles. The van der Waals surface area contributed by atoms with E-state index >= 15 is 0 Å². The van der Waals surface area contributed by atoms with E-state index < -0.39 is 6.10 Å². The van der Waals surface area contributed by atoms with Gasteiger partial charge in [0, 0.05) is 6.04 Å². The molecule has 0 fully saturated rings. The third-order valence-electron chi connectivity index (χ3n) is 3.63. The molecule has 2 atom stereocenters. The van der Waals surface area contributed by atoms with Gasteiger partial charge in [-0.3, -0.25) is 0 Å². The van der Waals surface area contributed by atoms with Crippen molar-refractivity contribution in [2.24, 2.45) is 0 Å². The number of benzene rings is 2. The summed E-state index contributed by atoms with van der Waals surface area (Å²) < 4.78 is 0. The van der Waals surface area contributed by atoms with Crippen molar-refractivity contribution >= 4 is 0 Å². The van der Waals surface area contributed by atoms with Gasteiger partial charge in [-0.25, -0.2) is 0 Å². The van der Waals surface area contributed by atoms with Crippen molar-refractivity contribution in [1.29, 1.82) is 0 Å².